The van der Waals surface area contributed by atoms with E-state index >= 15 is 0 Å². The van der Waals surface area contributed by atoms with E-state index < -0.39 is 0 Å². The lowest BCUT2D eigenvalue weighted by Gasteiger charge is -2.09. The number of hydrogen-bond acceptors (Lipinski definition) is 3. The largest absolute Gasteiger partial charge is 0.324 e. The molecule has 128 valence electrons. The summed E-state index contributed by atoms with van der Waals surface area (Å²) in [6, 6.07) is 13.0. The van der Waals surface area contributed by atoms with Crippen molar-refractivity contribution in [2.45, 2.75) is 11.7 Å². The van der Waals surface area contributed by atoms with E-state index in [1.165, 1.54) is 11.8 Å². The number of nitrogens with zero attached hydrogens (tertiary/aromatic N) is 2. The van der Waals surface area contributed by atoms with Crippen molar-refractivity contribution < 1.29 is 4.79 Å². The van der Waals surface area contributed by atoms with E-state index in [1.54, 1.807) is 18.2 Å². The Morgan fingerprint density at radius 3 is 2.84 bits per heavy atom. The maximum atomic E-state index is 12.2. The average molecular weight is 392 g/mol. The van der Waals surface area contributed by atoms with Crippen molar-refractivity contribution in [2.75, 3.05) is 11.1 Å². The molecule has 1 heterocycles. The molecule has 0 bridgehead atoms. The summed E-state index contributed by atoms with van der Waals surface area (Å²) < 4.78 is 2.03. The molecule has 25 heavy (non-hydrogen) atoms. The summed E-state index contributed by atoms with van der Waals surface area (Å²) in [6.07, 6.45) is 1.81. The van der Waals surface area contributed by atoms with Crippen LogP contribution in [0.25, 0.3) is 11.0 Å². The quantitative estimate of drug-likeness (QED) is 0.460. The molecule has 0 saturated carbocycles. The Balaban J connectivity index is 1.74. The summed E-state index contributed by atoms with van der Waals surface area (Å²) in [4.78, 5) is 16.8. The first-order valence-corrected chi connectivity index (χ1v) is 9.27. The van der Waals surface area contributed by atoms with Crippen LogP contribution in [0.15, 0.2) is 60.3 Å². The molecule has 1 amide bonds. The van der Waals surface area contributed by atoms with Gasteiger partial charge in [0, 0.05) is 6.54 Å². The number of para-hydroxylation sites is 2. The zero-order valence-corrected chi connectivity index (χ0v) is 15.5. The molecule has 0 unspecified atom stereocenters. The Morgan fingerprint density at radius 1 is 1.24 bits per heavy atom. The smallest absolute Gasteiger partial charge is 0.234 e. The third-order valence-corrected chi connectivity index (χ3v) is 5.28. The fourth-order valence-electron chi connectivity index (χ4n) is 2.39. The highest BCUT2D eigenvalue weighted by Gasteiger charge is 2.13. The number of fused-ring (bicyclic) bond motifs is 1. The predicted molar refractivity (Wildman–Crippen MR) is 106 cm³/mol. The van der Waals surface area contributed by atoms with Crippen LogP contribution in [0.2, 0.25) is 10.0 Å². The fraction of sp³-hybridized carbons (Fsp3) is 0.111. The lowest BCUT2D eigenvalue weighted by molar-refractivity contribution is -0.113. The number of imidazole rings is 1. The van der Waals surface area contributed by atoms with Gasteiger partial charge in [-0.1, -0.05) is 59.2 Å². The van der Waals surface area contributed by atoms with Crippen LogP contribution in [0.4, 0.5) is 5.69 Å². The maximum Gasteiger partial charge on any atom is 0.234 e. The lowest BCUT2D eigenvalue weighted by atomic mass is 10.3. The van der Waals surface area contributed by atoms with Crippen LogP contribution in [0.1, 0.15) is 0 Å². The maximum absolute atomic E-state index is 12.2. The summed E-state index contributed by atoms with van der Waals surface area (Å²) in [5, 5.41) is 4.28. The number of nitrogens with one attached hydrogen (secondary N) is 1. The SMILES string of the molecule is C=CCn1c(SCC(=O)Nc2cccc(Cl)c2Cl)nc2ccccc21. The number of aromatic nitrogens is 2. The van der Waals surface area contributed by atoms with Gasteiger partial charge in [-0.25, -0.2) is 4.98 Å². The number of carbonyl (C=O) groups excluding carboxylic acids is 1. The van der Waals surface area contributed by atoms with Crippen LogP contribution in [-0.2, 0) is 11.3 Å². The zero-order valence-electron chi connectivity index (χ0n) is 13.2. The van der Waals surface area contributed by atoms with Crippen LogP contribution in [-0.4, -0.2) is 21.2 Å². The topological polar surface area (TPSA) is 46.9 Å². The molecule has 0 fully saturated rings. The molecule has 3 rings (SSSR count). The minimum Gasteiger partial charge on any atom is -0.324 e. The molecule has 0 aliphatic heterocycles. The number of anilines is 1. The zero-order chi connectivity index (χ0) is 17.8. The van der Waals surface area contributed by atoms with Crippen molar-refractivity contribution in [1.82, 2.24) is 9.55 Å². The molecule has 0 radical (unpaired) electrons. The van der Waals surface area contributed by atoms with Crippen LogP contribution in [0.3, 0.4) is 0 Å². The molecule has 3 aromatic rings. The summed E-state index contributed by atoms with van der Waals surface area (Å²) in [5.74, 6) is 0.0370. The Hall–Kier alpha value is -1.95. The molecule has 0 atom stereocenters. The van der Waals surface area contributed by atoms with Crippen molar-refractivity contribution in [3.8, 4) is 0 Å². The number of thioether (sulfide) groups is 1. The highest BCUT2D eigenvalue weighted by Crippen LogP contribution is 2.30. The molecule has 0 aliphatic carbocycles. The van der Waals surface area contributed by atoms with Gasteiger partial charge in [-0.2, -0.15) is 0 Å². The molecule has 0 spiro atoms. The summed E-state index contributed by atoms with van der Waals surface area (Å²) in [5.41, 5.74) is 2.41. The van der Waals surface area contributed by atoms with Gasteiger partial charge < -0.3 is 9.88 Å². The van der Waals surface area contributed by atoms with E-state index in [0.717, 1.165) is 16.2 Å². The average Bonchev–Trinajstić information content (AvgIpc) is 2.95. The normalized spacial score (nSPS) is 10.8. The number of rotatable bonds is 6. The number of allylic oxidation sites excluding steroid dienone is 1. The van der Waals surface area contributed by atoms with Crippen LogP contribution >= 0.6 is 35.0 Å². The number of hydrogen-bond donors (Lipinski definition) is 1. The van der Waals surface area contributed by atoms with E-state index in [9.17, 15) is 4.79 Å². The third-order valence-electron chi connectivity index (χ3n) is 3.49. The summed E-state index contributed by atoms with van der Waals surface area (Å²) in [6.45, 7) is 4.42. The third kappa shape index (κ3) is 4.00. The second-order valence-corrected chi connectivity index (χ2v) is 6.95. The van der Waals surface area contributed by atoms with Gasteiger partial charge in [0.15, 0.2) is 5.16 Å². The van der Waals surface area contributed by atoms with Gasteiger partial charge >= 0.3 is 0 Å². The van der Waals surface area contributed by atoms with Gasteiger partial charge in [0.05, 0.1) is 32.5 Å². The first-order valence-electron chi connectivity index (χ1n) is 7.53. The summed E-state index contributed by atoms with van der Waals surface area (Å²) in [7, 11) is 0. The molecule has 2 aromatic carbocycles. The van der Waals surface area contributed by atoms with Crippen LogP contribution in [0.5, 0.6) is 0 Å². The Bertz CT molecular complexity index is 939. The Kier molecular flexibility index (Phi) is 5.68. The van der Waals surface area contributed by atoms with Crippen LogP contribution < -0.4 is 5.32 Å². The highest BCUT2D eigenvalue weighted by atomic mass is 35.5. The first-order chi connectivity index (χ1) is 12.1. The van der Waals surface area contributed by atoms with Crippen molar-refractivity contribution in [2.24, 2.45) is 0 Å². The van der Waals surface area contributed by atoms with Gasteiger partial charge in [0.1, 0.15) is 0 Å². The molecular formula is C18H15Cl2N3OS. The molecule has 0 saturated heterocycles. The van der Waals surface area contributed by atoms with Crippen molar-refractivity contribution >= 4 is 57.6 Å². The number of amides is 1. The van der Waals surface area contributed by atoms with Gasteiger partial charge in [-0.15, -0.1) is 6.58 Å². The summed E-state index contributed by atoms with van der Waals surface area (Å²) >= 11 is 13.4. The minimum absolute atomic E-state index is 0.175. The first kappa shape index (κ1) is 17.9. The highest BCUT2D eigenvalue weighted by molar-refractivity contribution is 7.99. The number of carbonyl (C=O) groups is 1. The molecule has 0 aliphatic rings. The monoisotopic (exact) mass is 391 g/mol. The molecule has 4 nitrogen and oxygen atoms in total. The molecule has 1 aromatic heterocycles. The van der Waals surface area contributed by atoms with E-state index in [4.69, 9.17) is 23.2 Å². The van der Waals surface area contributed by atoms with E-state index in [2.05, 4.69) is 16.9 Å². The van der Waals surface area contributed by atoms with E-state index in [-0.39, 0.29) is 11.7 Å². The standard InChI is InChI=1S/C18H15Cl2N3OS/c1-2-10-23-15-9-4-3-7-13(15)22-18(23)25-11-16(24)21-14-8-5-6-12(19)17(14)20/h2-9H,1,10-11H2,(H,21,24). The van der Waals surface area contributed by atoms with Crippen molar-refractivity contribution in [3.05, 3.63) is 65.2 Å². The second kappa shape index (κ2) is 7.95. The van der Waals surface area contributed by atoms with Crippen molar-refractivity contribution in [1.29, 1.82) is 0 Å². The molecular weight excluding hydrogens is 377 g/mol. The minimum atomic E-state index is -0.175. The second-order valence-electron chi connectivity index (χ2n) is 5.22. The van der Waals surface area contributed by atoms with E-state index in [1.807, 2.05) is 34.9 Å². The van der Waals surface area contributed by atoms with Crippen molar-refractivity contribution in [3.63, 3.8) is 0 Å². The molecule has 1 N–H and O–H groups in total. The van der Waals surface area contributed by atoms with Gasteiger partial charge in [0.2, 0.25) is 5.91 Å². The Morgan fingerprint density at radius 2 is 2.04 bits per heavy atom. The lowest BCUT2D eigenvalue weighted by Crippen LogP contribution is -2.15. The Labute approximate surface area is 159 Å². The van der Waals surface area contributed by atoms with Gasteiger partial charge in [0.25, 0.3) is 0 Å². The number of benzene rings is 2. The fourth-order valence-corrected chi connectivity index (χ4v) is 3.56. The van der Waals surface area contributed by atoms with Crippen LogP contribution in [0, 0.1) is 0 Å². The predicted octanol–water partition coefficient (Wildman–Crippen LogP) is 5.26. The van der Waals surface area contributed by atoms with E-state index in [0.29, 0.717) is 22.3 Å². The number of halogens is 2. The van der Waals surface area contributed by atoms with Gasteiger partial charge in [-0.3, -0.25) is 4.79 Å². The molecule has 7 heteroatoms. The van der Waals surface area contributed by atoms with Gasteiger partial charge in [-0.05, 0) is 24.3 Å².